The number of carboxylic acid groups (broad SMARTS) is 1. The second-order valence-corrected chi connectivity index (χ2v) is 4.85. The van der Waals surface area contributed by atoms with E-state index in [-0.39, 0.29) is 16.5 Å². The molecule has 0 atom stereocenters. The van der Waals surface area contributed by atoms with E-state index in [1.54, 1.807) is 19.9 Å². The van der Waals surface area contributed by atoms with Crippen molar-refractivity contribution in [2.45, 2.75) is 13.8 Å². The van der Waals surface area contributed by atoms with E-state index >= 15 is 0 Å². The molecular weight excluding hydrogens is 294 g/mol. The van der Waals surface area contributed by atoms with Gasteiger partial charge < -0.3 is 10.4 Å². The molecule has 0 aliphatic heterocycles. The second kappa shape index (κ2) is 5.88. The number of carboxylic acids is 1. The number of aromatic nitrogens is 2. The minimum absolute atomic E-state index is 0.0739. The highest BCUT2D eigenvalue weighted by Crippen LogP contribution is 2.21. The molecule has 21 heavy (non-hydrogen) atoms. The predicted molar refractivity (Wildman–Crippen MR) is 77.9 cm³/mol. The molecule has 2 aromatic rings. The van der Waals surface area contributed by atoms with Gasteiger partial charge in [-0.05, 0) is 38.1 Å². The van der Waals surface area contributed by atoms with Crippen molar-refractivity contribution in [2.24, 2.45) is 0 Å². The molecule has 0 saturated heterocycles. The summed E-state index contributed by atoms with van der Waals surface area (Å²) in [4.78, 5) is 23.2. The normalized spacial score (nSPS) is 10.2. The average molecular weight is 306 g/mol. The van der Waals surface area contributed by atoms with Gasteiger partial charge in [0.1, 0.15) is 0 Å². The van der Waals surface area contributed by atoms with Crippen LogP contribution in [0.15, 0.2) is 24.3 Å². The number of benzene rings is 1. The van der Waals surface area contributed by atoms with E-state index in [1.807, 2.05) is 0 Å². The highest BCUT2D eigenvalue weighted by Gasteiger charge is 2.14. The number of aromatic carboxylic acids is 1. The largest absolute Gasteiger partial charge is 0.478 e. The number of nitrogens with zero attached hydrogens (tertiary/aromatic N) is 2. The lowest BCUT2D eigenvalue weighted by Gasteiger charge is -2.08. The maximum atomic E-state index is 12.2. The van der Waals surface area contributed by atoms with E-state index in [4.69, 9.17) is 16.7 Å². The summed E-state index contributed by atoms with van der Waals surface area (Å²) in [5.41, 5.74) is 1.76. The molecule has 1 heterocycles. The number of anilines is 1. The number of amides is 1. The van der Waals surface area contributed by atoms with Gasteiger partial charge in [-0.3, -0.25) is 4.79 Å². The van der Waals surface area contributed by atoms with Crippen LogP contribution in [0.2, 0.25) is 5.02 Å². The first-order valence-electron chi connectivity index (χ1n) is 6.03. The van der Waals surface area contributed by atoms with Crippen molar-refractivity contribution < 1.29 is 14.7 Å². The lowest BCUT2D eigenvalue weighted by Crippen LogP contribution is -2.15. The van der Waals surface area contributed by atoms with Gasteiger partial charge in [-0.15, -0.1) is 0 Å². The van der Waals surface area contributed by atoms with Gasteiger partial charge in [0.25, 0.3) is 5.91 Å². The lowest BCUT2D eigenvalue weighted by molar-refractivity contribution is 0.0696. The van der Waals surface area contributed by atoms with Crippen LogP contribution in [0.1, 0.15) is 32.1 Å². The van der Waals surface area contributed by atoms with E-state index in [9.17, 15) is 9.59 Å². The predicted octanol–water partition coefficient (Wildman–Crippen LogP) is 2.70. The van der Waals surface area contributed by atoms with Crippen molar-refractivity contribution in [3.05, 3.63) is 51.8 Å². The molecule has 1 amide bonds. The monoisotopic (exact) mass is 305 g/mol. The van der Waals surface area contributed by atoms with Crippen LogP contribution in [-0.2, 0) is 0 Å². The molecule has 0 radical (unpaired) electrons. The van der Waals surface area contributed by atoms with Crippen LogP contribution in [0.3, 0.4) is 0 Å². The lowest BCUT2D eigenvalue weighted by atomic mass is 10.1. The molecule has 6 nitrogen and oxygen atoms in total. The van der Waals surface area contributed by atoms with Crippen LogP contribution < -0.4 is 5.32 Å². The van der Waals surface area contributed by atoms with Crippen LogP contribution in [0.25, 0.3) is 0 Å². The van der Waals surface area contributed by atoms with E-state index in [0.29, 0.717) is 22.6 Å². The Morgan fingerprint density at radius 3 is 2.52 bits per heavy atom. The molecule has 0 fully saturated rings. The van der Waals surface area contributed by atoms with Crippen LogP contribution in [0.4, 0.5) is 5.69 Å². The maximum Gasteiger partial charge on any atom is 0.337 e. The molecule has 0 spiro atoms. The molecular formula is C14H12ClN3O3. The molecule has 0 bridgehead atoms. The summed E-state index contributed by atoms with van der Waals surface area (Å²) in [7, 11) is 0. The summed E-state index contributed by atoms with van der Waals surface area (Å²) >= 11 is 5.78. The van der Waals surface area contributed by atoms with Crippen LogP contribution in [-0.4, -0.2) is 27.2 Å². The first-order valence-corrected chi connectivity index (χ1v) is 6.41. The van der Waals surface area contributed by atoms with E-state index in [1.165, 1.54) is 18.2 Å². The zero-order valence-electron chi connectivity index (χ0n) is 11.3. The summed E-state index contributed by atoms with van der Waals surface area (Å²) in [6, 6.07) is 5.87. The first-order chi connectivity index (χ1) is 9.88. The first kappa shape index (κ1) is 14.9. The minimum Gasteiger partial charge on any atom is -0.478 e. The molecule has 108 valence electrons. The summed E-state index contributed by atoms with van der Waals surface area (Å²) in [5, 5.41) is 19.5. The minimum atomic E-state index is -1.16. The highest BCUT2D eigenvalue weighted by atomic mass is 35.5. The fourth-order valence-electron chi connectivity index (χ4n) is 1.75. The standard InChI is InChI=1S/C14H12ClN3O3/c1-7-5-10(8(2)18-17-7)13(19)16-9-3-4-12(15)11(6-9)14(20)21/h3-6H,1-2H3,(H,16,19)(H,20,21). The van der Waals surface area contributed by atoms with E-state index in [2.05, 4.69) is 15.5 Å². The van der Waals surface area contributed by atoms with Crippen molar-refractivity contribution in [2.75, 3.05) is 5.32 Å². The Bertz CT molecular complexity index is 731. The molecule has 1 aromatic carbocycles. The fraction of sp³-hybridized carbons (Fsp3) is 0.143. The van der Waals surface area contributed by atoms with Crippen LogP contribution in [0, 0.1) is 13.8 Å². The Morgan fingerprint density at radius 1 is 1.14 bits per heavy atom. The van der Waals surface area contributed by atoms with Crippen molar-refractivity contribution in [1.82, 2.24) is 10.2 Å². The topological polar surface area (TPSA) is 92.2 Å². The number of nitrogens with one attached hydrogen (secondary N) is 1. The summed E-state index contributed by atoms with van der Waals surface area (Å²) in [5.74, 6) is -1.54. The highest BCUT2D eigenvalue weighted by molar-refractivity contribution is 6.33. The molecule has 7 heteroatoms. The molecule has 0 unspecified atom stereocenters. The van der Waals surface area contributed by atoms with Crippen molar-refractivity contribution in [1.29, 1.82) is 0 Å². The fourth-order valence-corrected chi connectivity index (χ4v) is 1.94. The van der Waals surface area contributed by atoms with Gasteiger partial charge in [-0.1, -0.05) is 11.6 Å². The van der Waals surface area contributed by atoms with Crippen LogP contribution in [0.5, 0.6) is 0 Å². The Labute approximate surface area is 125 Å². The number of hydrogen-bond donors (Lipinski definition) is 2. The van der Waals surface area contributed by atoms with Crippen molar-refractivity contribution in [3.63, 3.8) is 0 Å². The van der Waals surface area contributed by atoms with Gasteiger partial charge in [0, 0.05) is 5.69 Å². The Hall–Kier alpha value is -2.47. The zero-order valence-corrected chi connectivity index (χ0v) is 12.1. The number of rotatable bonds is 3. The smallest absolute Gasteiger partial charge is 0.337 e. The molecule has 2 N–H and O–H groups in total. The van der Waals surface area contributed by atoms with Gasteiger partial charge in [-0.2, -0.15) is 10.2 Å². The summed E-state index contributed by atoms with van der Waals surface area (Å²) in [6.07, 6.45) is 0. The van der Waals surface area contributed by atoms with E-state index in [0.717, 1.165) is 0 Å². The third kappa shape index (κ3) is 3.35. The number of aryl methyl sites for hydroxylation is 2. The van der Waals surface area contributed by atoms with Gasteiger partial charge in [0.2, 0.25) is 0 Å². The van der Waals surface area contributed by atoms with Gasteiger partial charge in [0.15, 0.2) is 0 Å². The van der Waals surface area contributed by atoms with Gasteiger partial charge >= 0.3 is 5.97 Å². The molecule has 0 aliphatic rings. The Morgan fingerprint density at radius 2 is 1.86 bits per heavy atom. The number of carbonyl (C=O) groups is 2. The molecule has 1 aromatic heterocycles. The third-order valence-corrected chi connectivity index (χ3v) is 3.13. The molecule has 0 aliphatic carbocycles. The quantitative estimate of drug-likeness (QED) is 0.909. The Balaban J connectivity index is 2.29. The SMILES string of the molecule is Cc1cc(C(=O)Nc2ccc(Cl)c(C(=O)O)c2)c(C)nn1. The molecule has 2 rings (SSSR count). The zero-order chi connectivity index (χ0) is 15.6. The van der Waals surface area contributed by atoms with Gasteiger partial charge in [0.05, 0.1) is 27.5 Å². The maximum absolute atomic E-state index is 12.2. The number of hydrogen-bond acceptors (Lipinski definition) is 4. The van der Waals surface area contributed by atoms with Crippen LogP contribution >= 0.6 is 11.6 Å². The summed E-state index contributed by atoms with van der Waals surface area (Å²) in [6.45, 7) is 3.40. The summed E-state index contributed by atoms with van der Waals surface area (Å²) < 4.78 is 0. The Kier molecular flexibility index (Phi) is 4.18. The number of halogens is 1. The second-order valence-electron chi connectivity index (χ2n) is 4.44. The van der Waals surface area contributed by atoms with Gasteiger partial charge in [-0.25, -0.2) is 4.79 Å². The number of carbonyl (C=O) groups excluding carboxylic acids is 1. The van der Waals surface area contributed by atoms with Crippen molar-refractivity contribution in [3.8, 4) is 0 Å². The molecule has 0 saturated carbocycles. The third-order valence-electron chi connectivity index (χ3n) is 2.80. The van der Waals surface area contributed by atoms with E-state index < -0.39 is 5.97 Å². The average Bonchev–Trinajstić information content (AvgIpc) is 2.43. The van der Waals surface area contributed by atoms with Crippen molar-refractivity contribution >= 4 is 29.2 Å².